The van der Waals surface area contributed by atoms with Crippen LogP contribution in [0.1, 0.15) is 11.4 Å². The SMILES string of the molecule is c1ccc(CN2CCNCCNCCN2Cc2ccccn2)nc1. The zero-order chi connectivity index (χ0) is 16.5. The van der Waals surface area contributed by atoms with Gasteiger partial charge in [-0.3, -0.25) is 9.97 Å². The quantitative estimate of drug-likeness (QED) is 0.870. The van der Waals surface area contributed by atoms with Gasteiger partial charge in [-0.15, -0.1) is 0 Å². The molecule has 0 radical (unpaired) electrons. The molecule has 2 aromatic rings. The lowest BCUT2D eigenvalue weighted by molar-refractivity contribution is -0.0419. The van der Waals surface area contributed by atoms with Crippen molar-refractivity contribution in [1.82, 2.24) is 30.6 Å². The van der Waals surface area contributed by atoms with Crippen LogP contribution in [-0.4, -0.2) is 59.3 Å². The fourth-order valence-corrected chi connectivity index (χ4v) is 2.84. The van der Waals surface area contributed by atoms with Crippen LogP contribution in [0.5, 0.6) is 0 Å². The molecule has 0 atom stereocenters. The first-order chi connectivity index (χ1) is 11.9. The topological polar surface area (TPSA) is 56.3 Å². The molecule has 0 aliphatic carbocycles. The van der Waals surface area contributed by atoms with Crippen molar-refractivity contribution >= 4 is 0 Å². The minimum Gasteiger partial charge on any atom is -0.314 e. The molecule has 0 amide bonds. The lowest BCUT2D eigenvalue weighted by atomic mass is 10.3. The summed E-state index contributed by atoms with van der Waals surface area (Å²) in [6.45, 7) is 7.51. The first-order valence-electron chi connectivity index (χ1n) is 8.63. The van der Waals surface area contributed by atoms with Crippen molar-refractivity contribution < 1.29 is 0 Å². The molecule has 0 spiro atoms. The molecule has 1 aliphatic rings. The van der Waals surface area contributed by atoms with E-state index in [9.17, 15) is 0 Å². The third kappa shape index (κ3) is 5.35. The molecule has 2 N–H and O–H groups in total. The van der Waals surface area contributed by atoms with Crippen LogP contribution in [0.15, 0.2) is 48.8 Å². The van der Waals surface area contributed by atoms with E-state index in [1.807, 2.05) is 36.7 Å². The lowest BCUT2D eigenvalue weighted by Gasteiger charge is -2.35. The summed E-state index contributed by atoms with van der Waals surface area (Å²) < 4.78 is 0. The van der Waals surface area contributed by atoms with Gasteiger partial charge in [0.2, 0.25) is 0 Å². The molecule has 3 rings (SSSR count). The fraction of sp³-hybridized carbons (Fsp3) is 0.444. The minimum atomic E-state index is 0.815. The van der Waals surface area contributed by atoms with Crippen molar-refractivity contribution in [2.45, 2.75) is 13.1 Å². The highest BCUT2D eigenvalue weighted by molar-refractivity contribution is 5.05. The van der Waals surface area contributed by atoms with Crippen molar-refractivity contribution in [3.8, 4) is 0 Å². The van der Waals surface area contributed by atoms with Gasteiger partial charge < -0.3 is 10.6 Å². The molecule has 6 heteroatoms. The summed E-state index contributed by atoms with van der Waals surface area (Å²) in [6, 6.07) is 12.2. The molecule has 0 bridgehead atoms. The van der Waals surface area contributed by atoms with Crippen LogP contribution in [0.25, 0.3) is 0 Å². The number of hydrazine groups is 1. The van der Waals surface area contributed by atoms with Crippen molar-refractivity contribution in [3.63, 3.8) is 0 Å². The molecule has 128 valence electrons. The molecule has 1 saturated heterocycles. The van der Waals surface area contributed by atoms with Gasteiger partial charge in [0.1, 0.15) is 0 Å². The van der Waals surface area contributed by atoms with Gasteiger partial charge in [0.25, 0.3) is 0 Å². The van der Waals surface area contributed by atoms with E-state index >= 15 is 0 Å². The van der Waals surface area contributed by atoms with Gasteiger partial charge in [0, 0.05) is 51.7 Å². The Hall–Kier alpha value is -1.86. The van der Waals surface area contributed by atoms with Gasteiger partial charge in [-0.25, -0.2) is 10.0 Å². The maximum Gasteiger partial charge on any atom is 0.0558 e. The Morgan fingerprint density at radius 2 is 1.21 bits per heavy atom. The molecule has 6 nitrogen and oxygen atoms in total. The summed E-state index contributed by atoms with van der Waals surface area (Å²) in [7, 11) is 0. The number of hydrogen-bond acceptors (Lipinski definition) is 6. The Morgan fingerprint density at radius 3 is 1.62 bits per heavy atom. The molecule has 3 heterocycles. The number of hydrogen-bond donors (Lipinski definition) is 2. The minimum absolute atomic E-state index is 0.815. The zero-order valence-corrected chi connectivity index (χ0v) is 14.1. The number of pyridine rings is 2. The van der Waals surface area contributed by atoms with Crippen molar-refractivity contribution in [2.75, 3.05) is 39.3 Å². The van der Waals surface area contributed by atoms with Gasteiger partial charge in [0.05, 0.1) is 24.5 Å². The van der Waals surface area contributed by atoms with Crippen LogP contribution in [0, 0.1) is 0 Å². The van der Waals surface area contributed by atoms with Crippen LogP contribution in [0.3, 0.4) is 0 Å². The number of nitrogens with one attached hydrogen (secondary N) is 2. The van der Waals surface area contributed by atoms with E-state index in [1.54, 1.807) is 0 Å². The molecular formula is C18H26N6. The molecule has 1 fully saturated rings. The maximum atomic E-state index is 4.49. The first kappa shape index (κ1) is 17.0. The number of aromatic nitrogens is 2. The summed E-state index contributed by atoms with van der Waals surface area (Å²) in [5.74, 6) is 0. The maximum absolute atomic E-state index is 4.49. The summed E-state index contributed by atoms with van der Waals surface area (Å²) in [5, 5.41) is 11.7. The Kier molecular flexibility index (Phi) is 6.68. The molecule has 24 heavy (non-hydrogen) atoms. The van der Waals surface area contributed by atoms with Crippen molar-refractivity contribution in [2.24, 2.45) is 0 Å². The largest absolute Gasteiger partial charge is 0.314 e. The van der Waals surface area contributed by atoms with Crippen molar-refractivity contribution in [1.29, 1.82) is 0 Å². The third-order valence-corrected chi connectivity index (χ3v) is 4.11. The molecule has 0 aromatic carbocycles. The second-order valence-electron chi connectivity index (χ2n) is 5.92. The lowest BCUT2D eigenvalue weighted by Crippen LogP contribution is -2.49. The molecule has 2 aromatic heterocycles. The predicted molar refractivity (Wildman–Crippen MR) is 95.0 cm³/mol. The van der Waals surface area contributed by atoms with Gasteiger partial charge >= 0.3 is 0 Å². The fourth-order valence-electron chi connectivity index (χ4n) is 2.84. The smallest absolute Gasteiger partial charge is 0.0558 e. The summed E-state index contributed by atoms with van der Waals surface area (Å²) in [6.07, 6.45) is 3.72. The summed E-state index contributed by atoms with van der Waals surface area (Å²) >= 11 is 0. The monoisotopic (exact) mass is 326 g/mol. The highest BCUT2D eigenvalue weighted by Crippen LogP contribution is 2.09. The van der Waals surface area contributed by atoms with Gasteiger partial charge in [-0.1, -0.05) is 12.1 Å². The Bertz CT molecular complexity index is 523. The van der Waals surface area contributed by atoms with E-state index in [2.05, 4.69) is 42.8 Å². The summed E-state index contributed by atoms with van der Waals surface area (Å²) in [5.41, 5.74) is 2.18. The Balaban J connectivity index is 1.73. The van der Waals surface area contributed by atoms with E-state index in [1.165, 1.54) is 0 Å². The van der Waals surface area contributed by atoms with E-state index < -0.39 is 0 Å². The second kappa shape index (κ2) is 9.44. The van der Waals surface area contributed by atoms with Crippen LogP contribution < -0.4 is 10.6 Å². The highest BCUT2D eigenvalue weighted by Gasteiger charge is 2.17. The molecular weight excluding hydrogens is 300 g/mol. The van der Waals surface area contributed by atoms with Gasteiger partial charge in [-0.2, -0.15) is 0 Å². The Labute approximate surface area is 143 Å². The van der Waals surface area contributed by atoms with Gasteiger partial charge in [-0.05, 0) is 24.3 Å². The zero-order valence-electron chi connectivity index (χ0n) is 14.1. The van der Waals surface area contributed by atoms with Crippen LogP contribution in [0.4, 0.5) is 0 Å². The van der Waals surface area contributed by atoms with Crippen LogP contribution in [0.2, 0.25) is 0 Å². The Morgan fingerprint density at radius 1 is 0.708 bits per heavy atom. The molecule has 1 aliphatic heterocycles. The average molecular weight is 326 g/mol. The van der Waals surface area contributed by atoms with Crippen LogP contribution >= 0.6 is 0 Å². The van der Waals surface area contributed by atoms with E-state index in [0.717, 1.165) is 63.7 Å². The number of nitrogens with zero attached hydrogens (tertiary/aromatic N) is 4. The standard InChI is InChI=1S/C18H26N6/c1-3-7-21-17(5-1)15-23-13-11-19-9-10-20-12-14-24(23)16-18-6-2-4-8-22-18/h1-8,19-20H,9-16H2. The van der Waals surface area contributed by atoms with E-state index in [0.29, 0.717) is 0 Å². The highest BCUT2D eigenvalue weighted by atomic mass is 15.6. The van der Waals surface area contributed by atoms with Crippen LogP contribution in [-0.2, 0) is 13.1 Å². The van der Waals surface area contributed by atoms with E-state index in [-0.39, 0.29) is 0 Å². The first-order valence-corrected chi connectivity index (χ1v) is 8.63. The predicted octanol–water partition coefficient (Wildman–Crippen LogP) is 0.889. The second-order valence-corrected chi connectivity index (χ2v) is 5.92. The molecule has 0 unspecified atom stereocenters. The summed E-state index contributed by atoms with van der Waals surface area (Å²) in [4.78, 5) is 8.98. The van der Waals surface area contributed by atoms with Gasteiger partial charge in [0.15, 0.2) is 0 Å². The third-order valence-electron chi connectivity index (χ3n) is 4.11. The van der Waals surface area contributed by atoms with Crippen molar-refractivity contribution in [3.05, 3.63) is 60.2 Å². The molecule has 0 saturated carbocycles. The average Bonchev–Trinajstić information content (AvgIpc) is 2.64. The van der Waals surface area contributed by atoms with E-state index in [4.69, 9.17) is 0 Å². The normalized spacial score (nSPS) is 18.3. The number of rotatable bonds is 4.